The van der Waals surface area contributed by atoms with Gasteiger partial charge in [-0.05, 0) is 43.2 Å². The van der Waals surface area contributed by atoms with E-state index >= 15 is 0 Å². The molecule has 1 aromatic carbocycles. The number of nitrogens with zero attached hydrogens (tertiary/aromatic N) is 3. The van der Waals surface area contributed by atoms with Gasteiger partial charge in [-0.3, -0.25) is 9.79 Å². The SMILES string of the molecule is CN=C(NCC1CCN(c2ccccc2)C1)N1CCC(CC(=O)NC)CC1. The highest BCUT2D eigenvalue weighted by molar-refractivity contribution is 5.80. The van der Waals surface area contributed by atoms with Crippen LogP contribution >= 0.6 is 0 Å². The summed E-state index contributed by atoms with van der Waals surface area (Å²) in [6.07, 6.45) is 3.97. The molecular formula is C21H33N5O. The van der Waals surface area contributed by atoms with Crippen LogP contribution in [0.25, 0.3) is 0 Å². The highest BCUT2D eigenvalue weighted by Crippen LogP contribution is 2.23. The van der Waals surface area contributed by atoms with E-state index in [1.54, 1.807) is 7.05 Å². The van der Waals surface area contributed by atoms with Crippen molar-refractivity contribution in [2.24, 2.45) is 16.8 Å². The zero-order valence-electron chi connectivity index (χ0n) is 16.7. The largest absolute Gasteiger partial charge is 0.371 e. The maximum Gasteiger partial charge on any atom is 0.220 e. The summed E-state index contributed by atoms with van der Waals surface area (Å²) in [5.41, 5.74) is 1.32. The van der Waals surface area contributed by atoms with Crippen molar-refractivity contribution in [2.75, 3.05) is 51.7 Å². The van der Waals surface area contributed by atoms with Crippen molar-refractivity contribution in [1.82, 2.24) is 15.5 Å². The predicted octanol–water partition coefficient (Wildman–Crippen LogP) is 1.94. The van der Waals surface area contributed by atoms with Crippen LogP contribution in [0, 0.1) is 11.8 Å². The average molecular weight is 372 g/mol. The zero-order chi connectivity index (χ0) is 19.1. The number of amides is 1. The summed E-state index contributed by atoms with van der Waals surface area (Å²) in [7, 11) is 3.58. The number of para-hydroxylation sites is 1. The maximum absolute atomic E-state index is 11.6. The van der Waals surface area contributed by atoms with Gasteiger partial charge in [-0.25, -0.2) is 0 Å². The Hall–Kier alpha value is -2.24. The van der Waals surface area contributed by atoms with Gasteiger partial charge in [-0.2, -0.15) is 0 Å². The monoisotopic (exact) mass is 371 g/mol. The summed E-state index contributed by atoms with van der Waals surface area (Å²) in [6, 6.07) is 10.7. The van der Waals surface area contributed by atoms with E-state index in [1.165, 1.54) is 12.1 Å². The van der Waals surface area contributed by atoms with Crippen LogP contribution in [0.3, 0.4) is 0 Å². The minimum atomic E-state index is 0.153. The highest BCUT2D eigenvalue weighted by atomic mass is 16.1. The molecule has 2 saturated heterocycles. The number of nitrogens with one attached hydrogen (secondary N) is 2. The number of hydrogen-bond acceptors (Lipinski definition) is 3. The first-order chi connectivity index (χ1) is 13.2. The van der Waals surface area contributed by atoms with Crippen molar-refractivity contribution >= 4 is 17.6 Å². The van der Waals surface area contributed by atoms with E-state index < -0.39 is 0 Å². The Kier molecular flexibility index (Phi) is 6.96. The zero-order valence-corrected chi connectivity index (χ0v) is 16.7. The fourth-order valence-electron chi connectivity index (χ4n) is 4.15. The third-order valence-corrected chi connectivity index (χ3v) is 5.83. The maximum atomic E-state index is 11.6. The second-order valence-corrected chi connectivity index (χ2v) is 7.67. The van der Waals surface area contributed by atoms with Crippen LogP contribution in [0.2, 0.25) is 0 Å². The average Bonchev–Trinajstić information content (AvgIpc) is 3.19. The van der Waals surface area contributed by atoms with Crippen LogP contribution in [0.1, 0.15) is 25.7 Å². The lowest BCUT2D eigenvalue weighted by molar-refractivity contribution is -0.121. The summed E-state index contributed by atoms with van der Waals surface area (Å²) in [5.74, 6) is 2.30. The minimum absolute atomic E-state index is 0.153. The lowest BCUT2D eigenvalue weighted by Gasteiger charge is -2.34. The number of aliphatic imine (C=N–C) groups is 1. The molecule has 6 nitrogen and oxygen atoms in total. The first kappa shape index (κ1) is 19.5. The third kappa shape index (κ3) is 5.37. The number of likely N-dealkylation sites (tertiary alicyclic amines) is 1. The van der Waals surface area contributed by atoms with Gasteiger partial charge in [0.25, 0.3) is 0 Å². The minimum Gasteiger partial charge on any atom is -0.371 e. The Labute approximate surface area is 163 Å². The molecule has 0 bridgehead atoms. The number of benzene rings is 1. The van der Waals surface area contributed by atoms with Crippen LogP contribution < -0.4 is 15.5 Å². The fourth-order valence-corrected chi connectivity index (χ4v) is 4.15. The molecule has 27 heavy (non-hydrogen) atoms. The van der Waals surface area contributed by atoms with Gasteiger partial charge in [0, 0.05) is 58.9 Å². The van der Waals surface area contributed by atoms with Crippen molar-refractivity contribution in [1.29, 1.82) is 0 Å². The molecule has 1 amide bonds. The molecule has 6 heteroatoms. The predicted molar refractivity (Wildman–Crippen MR) is 111 cm³/mol. The van der Waals surface area contributed by atoms with Gasteiger partial charge in [0.1, 0.15) is 0 Å². The summed E-state index contributed by atoms with van der Waals surface area (Å²) in [5, 5.41) is 6.32. The standard InChI is InChI=1S/C21H33N5O/c1-22-20(27)14-17-8-11-25(12-9-17)21(23-2)24-15-18-10-13-26(16-18)19-6-4-3-5-7-19/h3-7,17-18H,8-16H2,1-2H3,(H,22,27)(H,23,24). The van der Waals surface area contributed by atoms with Gasteiger partial charge in [0.2, 0.25) is 5.91 Å². The summed E-state index contributed by atoms with van der Waals surface area (Å²) < 4.78 is 0. The molecular weight excluding hydrogens is 338 g/mol. The van der Waals surface area contributed by atoms with E-state index in [9.17, 15) is 4.79 Å². The van der Waals surface area contributed by atoms with Crippen LogP contribution in [-0.2, 0) is 4.79 Å². The van der Waals surface area contributed by atoms with E-state index in [4.69, 9.17) is 0 Å². The van der Waals surface area contributed by atoms with Crippen LogP contribution in [0.4, 0.5) is 5.69 Å². The number of carbonyl (C=O) groups is 1. The molecule has 0 spiro atoms. The molecule has 0 aliphatic carbocycles. The van der Waals surface area contributed by atoms with Crippen molar-refractivity contribution in [3.05, 3.63) is 30.3 Å². The van der Waals surface area contributed by atoms with E-state index in [1.807, 2.05) is 7.05 Å². The number of rotatable bonds is 5. The molecule has 0 saturated carbocycles. The highest BCUT2D eigenvalue weighted by Gasteiger charge is 2.25. The molecule has 2 N–H and O–H groups in total. The quantitative estimate of drug-likeness (QED) is 0.613. The molecule has 2 aliphatic heterocycles. The van der Waals surface area contributed by atoms with Crippen LogP contribution in [0.15, 0.2) is 35.3 Å². The Morgan fingerprint density at radius 3 is 2.48 bits per heavy atom. The Morgan fingerprint density at radius 2 is 1.81 bits per heavy atom. The number of hydrogen-bond donors (Lipinski definition) is 2. The lowest BCUT2D eigenvalue weighted by atomic mass is 9.93. The number of carbonyl (C=O) groups excluding carboxylic acids is 1. The topological polar surface area (TPSA) is 60.0 Å². The third-order valence-electron chi connectivity index (χ3n) is 5.83. The van der Waals surface area contributed by atoms with Crippen molar-refractivity contribution in [3.63, 3.8) is 0 Å². The molecule has 1 aromatic rings. The van der Waals surface area contributed by atoms with Crippen molar-refractivity contribution in [2.45, 2.75) is 25.7 Å². The molecule has 3 rings (SSSR count). The molecule has 2 fully saturated rings. The number of guanidine groups is 1. The summed E-state index contributed by atoms with van der Waals surface area (Å²) in [6.45, 7) is 5.14. The molecule has 1 atom stereocenters. The molecule has 0 radical (unpaired) electrons. The second kappa shape index (κ2) is 9.62. The Morgan fingerprint density at radius 1 is 1.11 bits per heavy atom. The van der Waals surface area contributed by atoms with E-state index in [2.05, 4.69) is 55.8 Å². The molecule has 1 unspecified atom stereocenters. The second-order valence-electron chi connectivity index (χ2n) is 7.67. The first-order valence-corrected chi connectivity index (χ1v) is 10.2. The Balaban J connectivity index is 1.42. The van der Waals surface area contributed by atoms with E-state index in [-0.39, 0.29) is 5.91 Å². The van der Waals surface area contributed by atoms with E-state index in [0.29, 0.717) is 18.3 Å². The first-order valence-electron chi connectivity index (χ1n) is 10.2. The smallest absolute Gasteiger partial charge is 0.220 e. The molecule has 0 aromatic heterocycles. The normalized spacial score (nSPS) is 21.4. The summed E-state index contributed by atoms with van der Waals surface area (Å²) in [4.78, 5) is 20.9. The fraction of sp³-hybridized carbons (Fsp3) is 0.619. The Bertz CT molecular complexity index is 625. The van der Waals surface area contributed by atoms with Crippen LogP contribution in [-0.4, -0.2) is 63.6 Å². The van der Waals surface area contributed by atoms with Gasteiger partial charge in [0.05, 0.1) is 0 Å². The number of piperidine rings is 1. The van der Waals surface area contributed by atoms with Gasteiger partial charge in [-0.15, -0.1) is 0 Å². The van der Waals surface area contributed by atoms with Gasteiger partial charge < -0.3 is 20.4 Å². The molecule has 2 aliphatic rings. The van der Waals surface area contributed by atoms with Gasteiger partial charge in [-0.1, -0.05) is 18.2 Å². The summed E-state index contributed by atoms with van der Waals surface area (Å²) >= 11 is 0. The number of anilines is 1. The van der Waals surface area contributed by atoms with Gasteiger partial charge >= 0.3 is 0 Å². The van der Waals surface area contributed by atoms with Crippen molar-refractivity contribution < 1.29 is 4.79 Å². The lowest BCUT2D eigenvalue weighted by Crippen LogP contribution is -2.47. The van der Waals surface area contributed by atoms with Crippen LogP contribution in [0.5, 0.6) is 0 Å². The van der Waals surface area contributed by atoms with Gasteiger partial charge in [0.15, 0.2) is 5.96 Å². The molecule has 2 heterocycles. The van der Waals surface area contributed by atoms with Crippen molar-refractivity contribution in [3.8, 4) is 0 Å². The molecule has 148 valence electrons. The van der Waals surface area contributed by atoms with E-state index in [0.717, 1.165) is 51.5 Å².